The van der Waals surface area contributed by atoms with Gasteiger partial charge in [-0.05, 0) is 6.42 Å². The van der Waals surface area contributed by atoms with Gasteiger partial charge in [0.2, 0.25) is 0 Å². The van der Waals surface area contributed by atoms with Gasteiger partial charge in [0.15, 0.2) is 0 Å². The summed E-state index contributed by atoms with van der Waals surface area (Å²) in [6, 6.07) is 0. The molecule has 0 aromatic carbocycles. The van der Waals surface area contributed by atoms with Crippen LogP contribution >= 0.6 is 12.6 Å². The van der Waals surface area contributed by atoms with Crippen molar-refractivity contribution >= 4 is 12.6 Å². The fourth-order valence-electron chi connectivity index (χ4n) is 0.900. The smallest absolute Gasteiger partial charge is 0.0995 e. The summed E-state index contributed by atoms with van der Waals surface area (Å²) in [5.74, 6) is 0. The lowest BCUT2D eigenvalue weighted by molar-refractivity contribution is 0.0559. The van der Waals surface area contributed by atoms with Gasteiger partial charge in [-0.25, -0.2) is 0 Å². The Morgan fingerprint density at radius 1 is 1.78 bits per heavy atom. The summed E-state index contributed by atoms with van der Waals surface area (Å²) in [7, 11) is 0. The Kier molecular flexibility index (Phi) is 2.38. The molecule has 1 radical (unpaired) electrons. The number of ether oxygens (including phenoxy) is 1. The van der Waals surface area contributed by atoms with Crippen LogP contribution in [-0.4, -0.2) is 22.6 Å². The Hall–Kier alpha value is 0.270. The highest BCUT2D eigenvalue weighted by Crippen LogP contribution is 2.23. The zero-order chi connectivity index (χ0) is 6.85. The van der Waals surface area contributed by atoms with Gasteiger partial charge in [-0.2, -0.15) is 12.6 Å². The van der Waals surface area contributed by atoms with Gasteiger partial charge in [0.05, 0.1) is 24.1 Å². The molecule has 0 amide bonds. The van der Waals surface area contributed by atoms with Crippen LogP contribution in [0.2, 0.25) is 0 Å². The highest BCUT2D eigenvalue weighted by Gasteiger charge is 2.32. The van der Waals surface area contributed by atoms with Crippen LogP contribution in [-0.2, 0) is 4.74 Å². The fraction of sp³-hybridized carbons (Fsp3) is 0.833. The minimum atomic E-state index is -0.418. The number of hydrogen-bond acceptors (Lipinski definition) is 3. The predicted molar refractivity (Wildman–Crippen MR) is 38.2 cm³/mol. The molecule has 3 heteroatoms. The maximum absolute atomic E-state index is 9.22. The quantitative estimate of drug-likeness (QED) is 0.532. The second-order valence-electron chi connectivity index (χ2n) is 2.20. The maximum Gasteiger partial charge on any atom is 0.0995 e. The predicted octanol–water partition coefficient (Wildman–Crippen LogP) is 0.616. The van der Waals surface area contributed by atoms with Gasteiger partial charge >= 0.3 is 0 Å². The van der Waals surface area contributed by atoms with E-state index < -0.39 is 6.10 Å². The molecule has 2 nitrogen and oxygen atoms in total. The second kappa shape index (κ2) is 2.90. The third-order valence-corrected chi connectivity index (χ3v) is 1.95. The zero-order valence-corrected chi connectivity index (χ0v) is 6.21. The lowest BCUT2D eigenvalue weighted by Gasteiger charge is -2.11. The van der Waals surface area contributed by atoms with Crippen molar-refractivity contribution in [1.29, 1.82) is 0 Å². The van der Waals surface area contributed by atoms with E-state index in [1.54, 1.807) is 6.61 Å². The second-order valence-corrected chi connectivity index (χ2v) is 2.80. The van der Waals surface area contributed by atoms with E-state index in [-0.39, 0.29) is 11.4 Å². The van der Waals surface area contributed by atoms with Gasteiger partial charge in [-0.1, -0.05) is 6.92 Å². The molecule has 1 rings (SSSR count). The topological polar surface area (TPSA) is 29.5 Å². The van der Waals surface area contributed by atoms with Crippen molar-refractivity contribution < 1.29 is 9.84 Å². The average Bonchev–Trinajstić information content (AvgIpc) is 2.15. The largest absolute Gasteiger partial charge is 0.389 e. The summed E-state index contributed by atoms with van der Waals surface area (Å²) in [6.07, 6.45) is 0.389. The molecule has 1 N–H and O–H groups in total. The van der Waals surface area contributed by atoms with Crippen molar-refractivity contribution in [3.63, 3.8) is 0 Å². The average molecular weight is 147 g/mol. The summed E-state index contributed by atoms with van der Waals surface area (Å²) in [5.41, 5.74) is 0. The molecule has 1 aliphatic heterocycles. The molecule has 9 heavy (non-hydrogen) atoms. The molecule has 3 atom stereocenters. The fourth-order valence-corrected chi connectivity index (χ4v) is 1.16. The zero-order valence-electron chi connectivity index (χ0n) is 5.32. The van der Waals surface area contributed by atoms with Gasteiger partial charge < -0.3 is 9.84 Å². The van der Waals surface area contributed by atoms with E-state index in [1.165, 1.54) is 0 Å². The first-order valence-electron chi connectivity index (χ1n) is 3.10. The number of aliphatic hydroxyl groups is 1. The Morgan fingerprint density at radius 3 is 2.67 bits per heavy atom. The summed E-state index contributed by atoms with van der Waals surface area (Å²) >= 11 is 4.07. The molecular weight excluding hydrogens is 136 g/mol. The molecule has 53 valence electrons. The van der Waals surface area contributed by atoms with Crippen LogP contribution in [0.15, 0.2) is 0 Å². The minimum Gasteiger partial charge on any atom is -0.389 e. The first kappa shape index (κ1) is 7.38. The Morgan fingerprint density at radius 2 is 2.44 bits per heavy atom. The van der Waals surface area contributed by atoms with Crippen molar-refractivity contribution in [2.75, 3.05) is 0 Å². The molecule has 0 aromatic heterocycles. The lowest BCUT2D eigenvalue weighted by atomic mass is 10.1. The molecule has 1 heterocycles. The number of thiol groups is 1. The third kappa shape index (κ3) is 1.39. The third-order valence-electron chi connectivity index (χ3n) is 1.53. The standard InChI is InChI=1S/C6H11O2S/c1-2-4-6(7)5(9)3-8-4/h3-7,9H,2H2,1H3. The summed E-state index contributed by atoms with van der Waals surface area (Å²) in [4.78, 5) is 0. The van der Waals surface area contributed by atoms with Crippen molar-refractivity contribution in [3.05, 3.63) is 6.61 Å². The molecule has 1 aliphatic rings. The number of rotatable bonds is 1. The summed E-state index contributed by atoms with van der Waals surface area (Å²) < 4.78 is 5.08. The van der Waals surface area contributed by atoms with Gasteiger partial charge in [-0.15, -0.1) is 0 Å². The molecule has 3 unspecified atom stereocenters. The monoisotopic (exact) mass is 147 g/mol. The SMILES string of the molecule is CCC1O[CH]C(S)C1O. The van der Waals surface area contributed by atoms with E-state index in [1.807, 2.05) is 6.92 Å². The molecule has 1 saturated heterocycles. The molecule has 0 aromatic rings. The van der Waals surface area contributed by atoms with Gasteiger partial charge in [0.1, 0.15) is 0 Å². The molecule has 0 spiro atoms. The molecular formula is C6H11O2S. The van der Waals surface area contributed by atoms with Crippen molar-refractivity contribution in [1.82, 2.24) is 0 Å². The molecule has 0 saturated carbocycles. The molecule has 0 bridgehead atoms. The minimum absolute atomic E-state index is 0.0347. The Balaban J connectivity index is 2.41. The van der Waals surface area contributed by atoms with Gasteiger partial charge in [0, 0.05) is 0 Å². The van der Waals surface area contributed by atoms with Crippen LogP contribution < -0.4 is 0 Å². The van der Waals surface area contributed by atoms with E-state index in [0.717, 1.165) is 6.42 Å². The van der Waals surface area contributed by atoms with Crippen molar-refractivity contribution in [2.24, 2.45) is 0 Å². The molecule has 1 fully saturated rings. The van der Waals surface area contributed by atoms with Crippen molar-refractivity contribution in [2.45, 2.75) is 30.8 Å². The maximum atomic E-state index is 9.22. The van der Waals surface area contributed by atoms with Crippen molar-refractivity contribution in [3.8, 4) is 0 Å². The first-order valence-corrected chi connectivity index (χ1v) is 3.62. The van der Waals surface area contributed by atoms with E-state index >= 15 is 0 Å². The van der Waals surface area contributed by atoms with Crippen LogP contribution in [0.4, 0.5) is 0 Å². The van der Waals surface area contributed by atoms with E-state index in [4.69, 9.17) is 4.74 Å². The number of aliphatic hydroxyl groups excluding tert-OH is 1. The Labute approximate surface area is 60.6 Å². The number of hydrogen-bond donors (Lipinski definition) is 2. The van der Waals surface area contributed by atoms with E-state index in [0.29, 0.717) is 0 Å². The highest BCUT2D eigenvalue weighted by molar-refractivity contribution is 7.81. The lowest BCUT2D eigenvalue weighted by Crippen LogP contribution is -2.25. The van der Waals surface area contributed by atoms with E-state index in [9.17, 15) is 5.11 Å². The first-order chi connectivity index (χ1) is 4.25. The highest BCUT2D eigenvalue weighted by atomic mass is 32.1. The summed E-state index contributed by atoms with van der Waals surface area (Å²) in [6.45, 7) is 3.56. The van der Waals surface area contributed by atoms with Gasteiger partial charge in [0.25, 0.3) is 0 Å². The Bertz CT molecular complexity index is 97.1. The van der Waals surface area contributed by atoms with E-state index in [2.05, 4.69) is 12.6 Å². The normalized spacial score (nSPS) is 43.7. The van der Waals surface area contributed by atoms with Crippen LogP contribution in [0, 0.1) is 6.61 Å². The van der Waals surface area contributed by atoms with Crippen LogP contribution in [0.5, 0.6) is 0 Å². The summed E-state index contributed by atoms with van der Waals surface area (Å²) in [5, 5.41) is 9.12. The molecule has 0 aliphatic carbocycles. The van der Waals surface area contributed by atoms with Gasteiger partial charge in [-0.3, -0.25) is 0 Å². The van der Waals surface area contributed by atoms with Crippen LogP contribution in [0.3, 0.4) is 0 Å². The van der Waals surface area contributed by atoms with Crippen LogP contribution in [0.25, 0.3) is 0 Å². The van der Waals surface area contributed by atoms with Crippen LogP contribution in [0.1, 0.15) is 13.3 Å².